The van der Waals surface area contributed by atoms with Crippen LogP contribution >= 0.6 is 0 Å². The summed E-state index contributed by atoms with van der Waals surface area (Å²) in [5.41, 5.74) is 3.12. The van der Waals surface area contributed by atoms with Crippen LogP contribution in [0.15, 0.2) is 24.3 Å². The molecular formula is C18H28N2. The zero-order chi connectivity index (χ0) is 13.8. The van der Waals surface area contributed by atoms with Gasteiger partial charge in [-0.05, 0) is 49.8 Å². The highest BCUT2D eigenvalue weighted by molar-refractivity contribution is 5.28. The second kappa shape index (κ2) is 6.73. The van der Waals surface area contributed by atoms with E-state index >= 15 is 0 Å². The zero-order valence-electron chi connectivity index (χ0n) is 12.8. The molecule has 1 N–H and O–H groups in total. The average Bonchev–Trinajstić information content (AvgIpc) is 3.29. The molecule has 0 bridgehead atoms. The molecule has 0 saturated heterocycles. The molecule has 0 amide bonds. The Kier molecular flexibility index (Phi) is 4.74. The molecule has 110 valence electrons. The normalized spacial score (nSPS) is 21.2. The molecular weight excluding hydrogens is 244 g/mol. The summed E-state index contributed by atoms with van der Waals surface area (Å²) >= 11 is 0. The Morgan fingerprint density at radius 2 is 2.05 bits per heavy atom. The molecule has 1 heterocycles. The van der Waals surface area contributed by atoms with Crippen LogP contribution in [0.4, 0.5) is 0 Å². The van der Waals surface area contributed by atoms with Gasteiger partial charge in [-0.3, -0.25) is 4.90 Å². The molecule has 0 radical (unpaired) electrons. The summed E-state index contributed by atoms with van der Waals surface area (Å²) in [6.07, 6.45) is 7.95. The summed E-state index contributed by atoms with van der Waals surface area (Å²) in [7, 11) is 0. The first-order chi connectivity index (χ1) is 9.86. The fourth-order valence-electron chi connectivity index (χ4n) is 3.37. The first kappa shape index (κ1) is 14.1. The van der Waals surface area contributed by atoms with Crippen LogP contribution in [0.25, 0.3) is 0 Å². The summed E-state index contributed by atoms with van der Waals surface area (Å²) in [4.78, 5) is 2.73. The van der Waals surface area contributed by atoms with Gasteiger partial charge in [0.25, 0.3) is 0 Å². The number of hydrogen-bond acceptors (Lipinski definition) is 2. The van der Waals surface area contributed by atoms with Gasteiger partial charge in [-0.15, -0.1) is 0 Å². The van der Waals surface area contributed by atoms with E-state index in [1.807, 2.05) is 0 Å². The van der Waals surface area contributed by atoms with E-state index in [4.69, 9.17) is 0 Å². The number of fused-ring (bicyclic) bond motifs is 1. The van der Waals surface area contributed by atoms with Crippen molar-refractivity contribution in [2.24, 2.45) is 0 Å². The van der Waals surface area contributed by atoms with Crippen LogP contribution in [0, 0.1) is 0 Å². The Morgan fingerprint density at radius 3 is 2.80 bits per heavy atom. The predicted molar refractivity (Wildman–Crippen MR) is 84.9 cm³/mol. The maximum atomic E-state index is 3.74. The molecule has 1 atom stereocenters. The van der Waals surface area contributed by atoms with Crippen molar-refractivity contribution in [2.45, 2.75) is 64.1 Å². The fourth-order valence-corrected chi connectivity index (χ4v) is 3.37. The summed E-state index contributed by atoms with van der Waals surface area (Å²) < 4.78 is 0. The van der Waals surface area contributed by atoms with Crippen LogP contribution in [-0.2, 0) is 13.0 Å². The minimum atomic E-state index is 0.715. The van der Waals surface area contributed by atoms with Crippen molar-refractivity contribution in [3.05, 3.63) is 35.4 Å². The molecule has 0 spiro atoms. The Morgan fingerprint density at radius 1 is 1.25 bits per heavy atom. The van der Waals surface area contributed by atoms with Gasteiger partial charge in [-0.1, -0.05) is 37.6 Å². The molecule has 2 nitrogen and oxygen atoms in total. The summed E-state index contributed by atoms with van der Waals surface area (Å²) in [6.45, 7) is 5.90. The van der Waals surface area contributed by atoms with E-state index in [2.05, 4.69) is 41.4 Å². The lowest BCUT2D eigenvalue weighted by molar-refractivity contribution is 0.175. The van der Waals surface area contributed by atoms with Gasteiger partial charge in [0.15, 0.2) is 0 Å². The third kappa shape index (κ3) is 3.62. The molecule has 3 rings (SSSR count). The largest absolute Gasteiger partial charge is 0.312 e. The van der Waals surface area contributed by atoms with Crippen LogP contribution < -0.4 is 5.32 Å². The minimum Gasteiger partial charge on any atom is -0.312 e. The highest BCUT2D eigenvalue weighted by atomic mass is 15.2. The smallest absolute Gasteiger partial charge is 0.0239 e. The molecule has 20 heavy (non-hydrogen) atoms. The SMILES string of the molecule is CCCC(CNC1CC1)N1CCCc2ccccc2C1. The number of aryl methyl sites for hydroxylation is 1. The Labute approximate surface area is 123 Å². The summed E-state index contributed by atoms with van der Waals surface area (Å²) in [5.74, 6) is 0. The second-order valence-corrected chi connectivity index (χ2v) is 6.47. The molecule has 2 aliphatic rings. The molecule has 1 saturated carbocycles. The zero-order valence-corrected chi connectivity index (χ0v) is 12.8. The number of benzene rings is 1. The van der Waals surface area contributed by atoms with Crippen molar-refractivity contribution in [3.63, 3.8) is 0 Å². The van der Waals surface area contributed by atoms with Crippen molar-refractivity contribution in [1.82, 2.24) is 10.2 Å². The van der Waals surface area contributed by atoms with E-state index in [1.165, 1.54) is 51.6 Å². The topological polar surface area (TPSA) is 15.3 Å². The van der Waals surface area contributed by atoms with E-state index in [1.54, 1.807) is 11.1 Å². The van der Waals surface area contributed by atoms with E-state index in [9.17, 15) is 0 Å². The van der Waals surface area contributed by atoms with Crippen LogP contribution in [0.1, 0.15) is 50.2 Å². The lowest BCUT2D eigenvalue weighted by Crippen LogP contribution is -2.42. The molecule has 1 aliphatic carbocycles. The molecule has 2 heteroatoms. The maximum Gasteiger partial charge on any atom is 0.0239 e. The van der Waals surface area contributed by atoms with Crippen molar-refractivity contribution in [3.8, 4) is 0 Å². The minimum absolute atomic E-state index is 0.715. The number of hydrogen-bond donors (Lipinski definition) is 1. The fraction of sp³-hybridized carbons (Fsp3) is 0.667. The van der Waals surface area contributed by atoms with Gasteiger partial charge in [0.2, 0.25) is 0 Å². The molecule has 0 aromatic heterocycles. The monoisotopic (exact) mass is 272 g/mol. The van der Waals surface area contributed by atoms with Crippen molar-refractivity contribution in [1.29, 1.82) is 0 Å². The highest BCUT2D eigenvalue weighted by Crippen LogP contribution is 2.23. The number of rotatable bonds is 6. The number of nitrogens with zero attached hydrogens (tertiary/aromatic N) is 1. The first-order valence-corrected chi connectivity index (χ1v) is 8.41. The Bertz CT molecular complexity index is 425. The Balaban J connectivity index is 1.66. The third-order valence-corrected chi connectivity index (χ3v) is 4.74. The standard InChI is InChI=1S/C18H28N2/c1-2-6-18(13-19-17-10-11-17)20-12-5-9-15-7-3-4-8-16(15)14-20/h3-4,7-8,17-19H,2,5-6,9-14H2,1H3. The Hall–Kier alpha value is -0.860. The van der Waals surface area contributed by atoms with E-state index < -0.39 is 0 Å². The second-order valence-electron chi connectivity index (χ2n) is 6.47. The van der Waals surface area contributed by atoms with Gasteiger partial charge in [-0.2, -0.15) is 0 Å². The molecule has 1 fully saturated rings. The van der Waals surface area contributed by atoms with Crippen LogP contribution in [0.3, 0.4) is 0 Å². The molecule has 1 unspecified atom stereocenters. The van der Waals surface area contributed by atoms with E-state index in [-0.39, 0.29) is 0 Å². The lowest BCUT2D eigenvalue weighted by atomic mass is 10.0. The van der Waals surface area contributed by atoms with Gasteiger partial charge < -0.3 is 5.32 Å². The van der Waals surface area contributed by atoms with Gasteiger partial charge in [0, 0.05) is 25.2 Å². The van der Waals surface area contributed by atoms with Gasteiger partial charge in [-0.25, -0.2) is 0 Å². The lowest BCUT2D eigenvalue weighted by Gasteiger charge is -2.31. The first-order valence-electron chi connectivity index (χ1n) is 8.41. The van der Waals surface area contributed by atoms with Crippen molar-refractivity contribution >= 4 is 0 Å². The maximum absolute atomic E-state index is 3.74. The van der Waals surface area contributed by atoms with Gasteiger partial charge in [0.1, 0.15) is 0 Å². The molecule has 1 aliphatic heterocycles. The van der Waals surface area contributed by atoms with Crippen molar-refractivity contribution < 1.29 is 0 Å². The summed E-state index contributed by atoms with van der Waals surface area (Å²) in [5, 5.41) is 3.74. The highest BCUT2D eigenvalue weighted by Gasteiger charge is 2.25. The molecule has 1 aromatic rings. The van der Waals surface area contributed by atoms with E-state index in [0.717, 1.165) is 12.6 Å². The third-order valence-electron chi connectivity index (χ3n) is 4.74. The van der Waals surface area contributed by atoms with Gasteiger partial charge in [0.05, 0.1) is 0 Å². The van der Waals surface area contributed by atoms with Crippen LogP contribution in [-0.4, -0.2) is 30.1 Å². The summed E-state index contributed by atoms with van der Waals surface area (Å²) in [6, 6.07) is 10.6. The predicted octanol–water partition coefficient (Wildman–Crippen LogP) is 3.36. The van der Waals surface area contributed by atoms with Crippen LogP contribution in [0.2, 0.25) is 0 Å². The van der Waals surface area contributed by atoms with E-state index in [0.29, 0.717) is 6.04 Å². The van der Waals surface area contributed by atoms with Crippen LogP contribution in [0.5, 0.6) is 0 Å². The molecule has 1 aromatic carbocycles. The number of nitrogens with one attached hydrogen (secondary N) is 1. The van der Waals surface area contributed by atoms with Gasteiger partial charge >= 0.3 is 0 Å². The van der Waals surface area contributed by atoms with Crippen molar-refractivity contribution in [2.75, 3.05) is 13.1 Å². The average molecular weight is 272 g/mol. The quantitative estimate of drug-likeness (QED) is 0.854.